The van der Waals surface area contributed by atoms with Crippen molar-refractivity contribution in [2.45, 2.75) is 33.0 Å². The molecular formula is C26H23N5O4. The molecule has 5 rings (SSSR count). The van der Waals surface area contributed by atoms with E-state index in [-0.39, 0.29) is 24.1 Å². The first-order valence-electron chi connectivity index (χ1n) is 11.2. The number of hydrogen-bond acceptors (Lipinski definition) is 6. The number of nitrogens with zero attached hydrogens (tertiary/aromatic N) is 5. The zero-order valence-corrected chi connectivity index (χ0v) is 19.2. The third kappa shape index (κ3) is 3.95. The summed E-state index contributed by atoms with van der Waals surface area (Å²) in [5.41, 5.74) is 3.92. The Morgan fingerprint density at radius 2 is 1.91 bits per heavy atom. The molecule has 9 nitrogen and oxygen atoms in total. The number of pyridine rings is 1. The second-order valence-electron chi connectivity index (χ2n) is 8.64. The summed E-state index contributed by atoms with van der Waals surface area (Å²) < 4.78 is 1.92. The van der Waals surface area contributed by atoms with Crippen molar-refractivity contribution in [1.29, 1.82) is 0 Å². The second-order valence-corrected chi connectivity index (χ2v) is 8.64. The zero-order valence-electron chi connectivity index (χ0n) is 19.2. The number of aliphatic hydroxyl groups excluding tert-OH is 1. The molecule has 0 aliphatic carbocycles. The van der Waals surface area contributed by atoms with E-state index in [1.165, 1.54) is 12.1 Å². The average Bonchev–Trinajstić information content (AvgIpc) is 3.49. The Kier molecular flexibility index (Phi) is 5.62. The normalized spacial score (nSPS) is 12.9. The number of aliphatic hydroxyl groups is 1. The molecule has 0 unspecified atom stereocenters. The van der Waals surface area contributed by atoms with Crippen molar-refractivity contribution >= 4 is 17.7 Å². The number of carboxylic acid groups (broad SMARTS) is 1. The predicted molar refractivity (Wildman–Crippen MR) is 129 cm³/mol. The first kappa shape index (κ1) is 22.4. The highest BCUT2D eigenvalue weighted by Gasteiger charge is 2.30. The molecule has 4 aromatic rings. The van der Waals surface area contributed by atoms with Crippen LogP contribution in [0.2, 0.25) is 0 Å². The van der Waals surface area contributed by atoms with Gasteiger partial charge in [0.25, 0.3) is 5.91 Å². The minimum absolute atomic E-state index is 0.112. The Morgan fingerprint density at radius 1 is 1.09 bits per heavy atom. The number of carbonyl (C=O) groups is 2. The van der Waals surface area contributed by atoms with Crippen LogP contribution in [0.3, 0.4) is 0 Å². The van der Waals surface area contributed by atoms with Crippen LogP contribution in [-0.2, 0) is 13.2 Å². The molecule has 0 saturated heterocycles. The van der Waals surface area contributed by atoms with E-state index in [0.717, 1.165) is 5.56 Å². The largest absolute Gasteiger partial charge is 0.478 e. The van der Waals surface area contributed by atoms with Gasteiger partial charge in [-0.2, -0.15) is 0 Å². The van der Waals surface area contributed by atoms with Crippen molar-refractivity contribution in [2.75, 3.05) is 4.90 Å². The van der Waals surface area contributed by atoms with Crippen LogP contribution < -0.4 is 4.90 Å². The molecule has 0 atom stereocenters. The number of benzene rings is 2. The summed E-state index contributed by atoms with van der Waals surface area (Å²) in [4.78, 5) is 31.1. The molecule has 9 heteroatoms. The molecule has 3 heterocycles. The number of rotatable bonds is 6. The third-order valence-corrected chi connectivity index (χ3v) is 6.12. The maximum Gasteiger partial charge on any atom is 0.335 e. The van der Waals surface area contributed by atoms with Gasteiger partial charge < -0.3 is 14.8 Å². The van der Waals surface area contributed by atoms with Gasteiger partial charge in [0.05, 0.1) is 18.7 Å². The molecule has 0 spiro atoms. The van der Waals surface area contributed by atoms with E-state index in [9.17, 15) is 19.8 Å². The molecular weight excluding hydrogens is 446 g/mol. The van der Waals surface area contributed by atoms with Crippen molar-refractivity contribution in [3.05, 3.63) is 83.2 Å². The Bertz CT molecular complexity index is 1460. The minimum Gasteiger partial charge on any atom is -0.478 e. The highest BCUT2D eigenvalue weighted by Crippen LogP contribution is 2.33. The van der Waals surface area contributed by atoms with Crippen molar-refractivity contribution in [2.24, 2.45) is 0 Å². The molecule has 35 heavy (non-hydrogen) atoms. The van der Waals surface area contributed by atoms with E-state index in [0.29, 0.717) is 46.1 Å². The number of carbonyl (C=O) groups excluding carboxylic acids is 1. The summed E-state index contributed by atoms with van der Waals surface area (Å²) in [5.74, 6) is -0.120. The van der Waals surface area contributed by atoms with E-state index >= 15 is 0 Å². The zero-order chi connectivity index (χ0) is 24.7. The molecule has 0 bridgehead atoms. The molecule has 0 radical (unpaired) electrons. The van der Waals surface area contributed by atoms with E-state index in [2.05, 4.69) is 10.2 Å². The van der Waals surface area contributed by atoms with Crippen molar-refractivity contribution in [1.82, 2.24) is 19.7 Å². The molecule has 2 N–H and O–H groups in total. The van der Waals surface area contributed by atoms with Gasteiger partial charge in [-0.3, -0.25) is 9.69 Å². The Labute approximate surface area is 201 Å². The number of carboxylic acids is 1. The van der Waals surface area contributed by atoms with Gasteiger partial charge in [-0.05, 0) is 66.4 Å². The second kappa shape index (κ2) is 8.77. The molecule has 1 aliphatic heterocycles. The van der Waals surface area contributed by atoms with E-state index in [1.54, 1.807) is 29.4 Å². The monoisotopic (exact) mass is 469 g/mol. The standard InChI is InChI=1S/C26H23N5O4/c1-15(2)31-14-27-29-24(31)22-4-3-5-23(28-22)30-12-18-8-6-16(10-21(18)25(30)33)20-11-17(26(34)35)7-9-19(20)13-32/h3-11,14-15,32H,12-13H2,1-2H3,(H,34,35). The predicted octanol–water partition coefficient (Wildman–Crippen LogP) is 3.94. The number of aromatic carboxylic acids is 1. The van der Waals surface area contributed by atoms with Gasteiger partial charge in [0.15, 0.2) is 5.82 Å². The van der Waals surface area contributed by atoms with Crippen LogP contribution in [0.1, 0.15) is 51.7 Å². The first-order valence-corrected chi connectivity index (χ1v) is 11.2. The molecule has 0 saturated carbocycles. The molecule has 176 valence electrons. The van der Waals surface area contributed by atoms with Gasteiger partial charge in [0.2, 0.25) is 0 Å². The van der Waals surface area contributed by atoms with Gasteiger partial charge in [0, 0.05) is 11.6 Å². The quantitative estimate of drug-likeness (QED) is 0.439. The van der Waals surface area contributed by atoms with Crippen molar-refractivity contribution < 1.29 is 19.8 Å². The van der Waals surface area contributed by atoms with Crippen LogP contribution in [-0.4, -0.2) is 41.8 Å². The lowest BCUT2D eigenvalue weighted by molar-refractivity contribution is 0.0696. The minimum atomic E-state index is -1.06. The van der Waals surface area contributed by atoms with Crippen molar-refractivity contribution in [3.8, 4) is 22.6 Å². The Hall–Kier alpha value is -4.37. The SMILES string of the molecule is CC(C)n1cnnc1-c1cccc(N2Cc3ccc(-c4cc(C(=O)O)ccc4CO)cc3C2=O)n1. The average molecular weight is 470 g/mol. The highest BCUT2D eigenvalue weighted by molar-refractivity contribution is 6.10. The summed E-state index contributed by atoms with van der Waals surface area (Å²) in [7, 11) is 0. The van der Waals surface area contributed by atoms with Crippen LogP contribution in [0.15, 0.2) is 60.9 Å². The fraction of sp³-hybridized carbons (Fsp3) is 0.192. The Morgan fingerprint density at radius 3 is 2.66 bits per heavy atom. The van der Waals surface area contributed by atoms with Crippen LogP contribution in [0.25, 0.3) is 22.6 Å². The van der Waals surface area contributed by atoms with E-state index in [4.69, 9.17) is 4.98 Å². The molecule has 2 aromatic carbocycles. The van der Waals surface area contributed by atoms with Crippen LogP contribution in [0.5, 0.6) is 0 Å². The van der Waals surface area contributed by atoms with Crippen LogP contribution in [0.4, 0.5) is 5.82 Å². The fourth-order valence-electron chi connectivity index (χ4n) is 4.27. The Balaban J connectivity index is 1.50. The van der Waals surface area contributed by atoms with Gasteiger partial charge in [-0.25, -0.2) is 9.78 Å². The fourth-order valence-corrected chi connectivity index (χ4v) is 4.27. The number of fused-ring (bicyclic) bond motifs is 1. The maximum absolute atomic E-state index is 13.4. The number of hydrogen-bond donors (Lipinski definition) is 2. The van der Waals surface area contributed by atoms with Gasteiger partial charge in [-0.1, -0.05) is 24.3 Å². The number of anilines is 1. The summed E-state index contributed by atoms with van der Waals surface area (Å²) in [6.45, 7) is 4.18. The van der Waals surface area contributed by atoms with Crippen LogP contribution in [0, 0.1) is 0 Å². The first-order chi connectivity index (χ1) is 16.9. The number of amides is 1. The van der Waals surface area contributed by atoms with Gasteiger partial charge in [0.1, 0.15) is 17.8 Å². The lowest BCUT2D eigenvalue weighted by Crippen LogP contribution is -2.24. The smallest absolute Gasteiger partial charge is 0.335 e. The van der Waals surface area contributed by atoms with E-state index < -0.39 is 5.97 Å². The summed E-state index contributed by atoms with van der Waals surface area (Å²) in [5, 5.41) is 27.3. The summed E-state index contributed by atoms with van der Waals surface area (Å²) in [6, 6.07) is 15.6. The van der Waals surface area contributed by atoms with Gasteiger partial charge >= 0.3 is 5.97 Å². The number of aromatic nitrogens is 4. The lowest BCUT2D eigenvalue weighted by atomic mass is 9.95. The lowest BCUT2D eigenvalue weighted by Gasteiger charge is -2.16. The van der Waals surface area contributed by atoms with Gasteiger partial charge in [-0.15, -0.1) is 10.2 Å². The highest BCUT2D eigenvalue weighted by atomic mass is 16.4. The summed E-state index contributed by atoms with van der Waals surface area (Å²) in [6.07, 6.45) is 1.66. The summed E-state index contributed by atoms with van der Waals surface area (Å²) >= 11 is 0. The molecule has 1 amide bonds. The van der Waals surface area contributed by atoms with Crippen molar-refractivity contribution in [3.63, 3.8) is 0 Å². The maximum atomic E-state index is 13.4. The van der Waals surface area contributed by atoms with E-state index in [1.807, 2.05) is 42.7 Å². The molecule has 2 aromatic heterocycles. The molecule has 0 fully saturated rings. The molecule has 1 aliphatic rings. The third-order valence-electron chi connectivity index (χ3n) is 6.12. The topological polar surface area (TPSA) is 121 Å². The van der Waals surface area contributed by atoms with Crippen LogP contribution >= 0.6 is 0 Å².